The molecule has 1 saturated heterocycles. The number of hydrogen-bond donors (Lipinski definition) is 1. The minimum Gasteiger partial charge on any atom is -0.340 e. The third kappa shape index (κ3) is 5.02. The zero-order valence-electron chi connectivity index (χ0n) is 15.7. The van der Waals surface area contributed by atoms with Crippen molar-refractivity contribution in [2.75, 3.05) is 32.7 Å². The zero-order valence-corrected chi connectivity index (χ0v) is 17.3. The molecule has 0 unspecified atom stereocenters. The lowest BCUT2D eigenvalue weighted by atomic mass is 9.71. The van der Waals surface area contributed by atoms with Crippen LogP contribution in [0.3, 0.4) is 0 Å². The Labute approximate surface area is 168 Å². The molecule has 8 heteroatoms. The highest BCUT2D eigenvalue weighted by Crippen LogP contribution is 2.38. The molecule has 1 aromatic rings. The number of carbonyl (C=O) groups is 1. The Hall–Kier alpha value is -1.15. The Morgan fingerprint density at radius 1 is 1.00 bits per heavy atom. The van der Waals surface area contributed by atoms with Gasteiger partial charge in [0.1, 0.15) is 0 Å². The lowest BCUT2D eigenvalue weighted by Crippen LogP contribution is -2.51. The fourth-order valence-electron chi connectivity index (χ4n) is 4.11. The number of hydrogen-bond acceptors (Lipinski definition) is 4. The van der Waals surface area contributed by atoms with E-state index in [4.69, 9.17) is 5.73 Å². The molecule has 1 amide bonds. The number of amides is 1. The molecule has 27 heavy (non-hydrogen) atoms. The minimum atomic E-state index is -3.48. The number of nitrogens with two attached hydrogens (primary N) is 1. The lowest BCUT2D eigenvalue weighted by Gasteiger charge is -2.39. The third-order valence-corrected chi connectivity index (χ3v) is 7.76. The van der Waals surface area contributed by atoms with E-state index in [1.807, 2.05) is 4.90 Å². The Balaban J connectivity index is 0.00000261. The van der Waals surface area contributed by atoms with E-state index < -0.39 is 10.0 Å². The monoisotopic (exact) mass is 415 g/mol. The Bertz CT molecular complexity index is 713. The molecule has 0 radical (unpaired) electrons. The average Bonchev–Trinajstić information content (AvgIpc) is 2.69. The number of benzene rings is 1. The molecular formula is C19H30ClN3O3S. The number of piperazine rings is 1. The molecule has 0 spiro atoms. The zero-order chi connectivity index (χ0) is 18.6. The lowest BCUT2D eigenvalue weighted by molar-refractivity contribution is -0.135. The van der Waals surface area contributed by atoms with Gasteiger partial charge in [-0.15, -0.1) is 12.4 Å². The second kappa shape index (κ2) is 9.37. The van der Waals surface area contributed by atoms with E-state index in [1.54, 1.807) is 30.3 Å². The van der Waals surface area contributed by atoms with E-state index in [0.29, 0.717) is 44.0 Å². The van der Waals surface area contributed by atoms with Crippen molar-refractivity contribution in [1.29, 1.82) is 0 Å². The van der Waals surface area contributed by atoms with Gasteiger partial charge in [0.25, 0.3) is 0 Å². The summed E-state index contributed by atoms with van der Waals surface area (Å²) in [5.41, 5.74) is 5.95. The molecule has 0 bridgehead atoms. The predicted molar refractivity (Wildman–Crippen MR) is 108 cm³/mol. The molecule has 3 rings (SSSR count). The maximum absolute atomic E-state index is 12.8. The molecule has 2 N–H and O–H groups in total. The van der Waals surface area contributed by atoms with Gasteiger partial charge in [0, 0.05) is 32.6 Å². The van der Waals surface area contributed by atoms with Crippen LogP contribution in [0.25, 0.3) is 0 Å². The van der Waals surface area contributed by atoms with E-state index in [-0.39, 0.29) is 23.7 Å². The topological polar surface area (TPSA) is 83.7 Å². The van der Waals surface area contributed by atoms with Gasteiger partial charge >= 0.3 is 0 Å². The molecule has 6 nitrogen and oxygen atoms in total. The van der Waals surface area contributed by atoms with Crippen LogP contribution in [0.15, 0.2) is 35.2 Å². The van der Waals surface area contributed by atoms with Crippen LogP contribution >= 0.6 is 12.4 Å². The minimum absolute atomic E-state index is 0. The number of sulfonamides is 1. The summed E-state index contributed by atoms with van der Waals surface area (Å²) in [5, 5.41) is 0. The van der Waals surface area contributed by atoms with Crippen LogP contribution < -0.4 is 5.73 Å². The van der Waals surface area contributed by atoms with Crippen LogP contribution in [-0.4, -0.2) is 56.3 Å². The quantitative estimate of drug-likeness (QED) is 0.799. The summed E-state index contributed by atoms with van der Waals surface area (Å²) in [6, 6.07) is 8.47. The second-order valence-corrected chi connectivity index (χ2v) is 9.48. The summed E-state index contributed by atoms with van der Waals surface area (Å²) >= 11 is 0. The number of nitrogens with zero attached hydrogens (tertiary/aromatic N) is 2. The fourth-order valence-corrected chi connectivity index (χ4v) is 5.55. The van der Waals surface area contributed by atoms with E-state index in [0.717, 1.165) is 25.7 Å². The predicted octanol–water partition coefficient (Wildman–Crippen LogP) is 2.24. The smallest absolute Gasteiger partial charge is 0.243 e. The van der Waals surface area contributed by atoms with Gasteiger partial charge < -0.3 is 10.6 Å². The summed E-state index contributed by atoms with van der Waals surface area (Å²) in [5.74, 6) is 0.120. The fraction of sp³-hybridized carbons (Fsp3) is 0.632. The van der Waals surface area contributed by atoms with Gasteiger partial charge in [-0.2, -0.15) is 4.31 Å². The molecule has 0 aromatic heterocycles. The normalized spacial score (nSPS) is 20.7. The first-order chi connectivity index (χ1) is 12.5. The molecule has 2 aliphatic rings. The SMILES string of the molecule is Cl.NCC1(CC(=O)N2CCN(S(=O)(=O)c3ccccc3)CC2)CCCCC1. The van der Waals surface area contributed by atoms with Crippen LogP contribution in [0.1, 0.15) is 38.5 Å². The van der Waals surface area contributed by atoms with Crippen molar-refractivity contribution in [3.63, 3.8) is 0 Å². The number of rotatable bonds is 5. The van der Waals surface area contributed by atoms with Crippen molar-refractivity contribution >= 4 is 28.3 Å². The maximum Gasteiger partial charge on any atom is 0.243 e. The molecule has 1 heterocycles. The molecule has 2 fully saturated rings. The first kappa shape index (κ1) is 22.1. The average molecular weight is 416 g/mol. The van der Waals surface area contributed by atoms with Crippen LogP contribution in [0.5, 0.6) is 0 Å². The van der Waals surface area contributed by atoms with Crippen LogP contribution in [0.2, 0.25) is 0 Å². The molecule has 1 aliphatic heterocycles. The van der Waals surface area contributed by atoms with Gasteiger partial charge in [0.05, 0.1) is 4.90 Å². The molecule has 152 valence electrons. The van der Waals surface area contributed by atoms with Crippen LogP contribution in [0, 0.1) is 5.41 Å². The molecular weight excluding hydrogens is 386 g/mol. The largest absolute Gasteiger partial charge is 0.340 e. The van der Waals surface area contributed by atoms with E-state index in [1.165, 1.54) is 10.7 Å². The highest BCUT2D eigenvalue weighted by Gasteiger charge is 2.36. The molecule has 0 atom stereocenters. The second-order valence-electron chi connectivity index (χ2n) is 7.54. The van der Waals surface area contributed by atoms with Crippen molar-refractivity contribution in [1.82, 2.24) is 9.21 Å². The van der Waals surface area contributed by atoms with E-state index in [9.17, 15) is 13.2 Å². The van der Waals surface area contributed by atoms with E-state index in [2.05, 4.69) is 0 Å². The maximum atomic E-state index is 12.8. The highest BCUT2D eigenvalue weighted by atomic mass is 35.5. The highest BCUT2D eigenvalue weighted by molar-refractivity contribution is 7.89. The summed E-state index contributed by atoms with van der Waals surface area (Å²) in [6.45, 7) is 2.15. The molecule has 1 aliphatic carbocycles. The first-order valence-electron chi connectivity index (χ1n) is 9.50. The Morgan fingerprint density at radius 3 is 2.15 bits per heavy atom. The summed E-state index contributed by atoms with van der Waals surface area (Å²) in [6.07, 6.45) is 6.07. The summed E-state index contributed by atoms with van der Waals surface area (Å²) in [4.78, 5) is 14.9. The Kier molecular flexibility index (Phi) is 7.68. The van der Waals surface area contributed by atoms with Crippen molar-refractivity contribution in [2.45, 2.75) is 43.4 Å². The third-order valence-electron chi connectivity index (χ3n) is 5.85. The number of halogens is 1. The van der Waals surface area contributed by atoms with Gasteiger partial charge in [-0.05, 0) is 36.9 Å². The van der Waals surface area contributed by atoms with Gasteiger partial charge in [-0.3, -0.25) is 4.79 Å². The van der Waals surface area contributed by atoms with Gasteiger partial charge in [-0.25, -0.2) is 8.42 Å². The Morgan fingerprint density at radius 2 is 1.59 bits per heavy atom. The molecule has 1 saturated carbocycles. The van der Waals surface area contributed by atoms with Gasteiger partial charge in [0.15, 0.2) is 0 Å². The van der Waals surface area contributed by atoms with Crippen molar-refractivity contribution < 1.29 is 13.2 Å². The van der Waals surface area contributed by atoms with Gasteiger partial charge in [0.2, 0.25) is 15.9 Å². The van der Waals surface area contributed by atoms with Crippen LogP contribution in [0.4, 0.5) is 0 Å². The van der Waals surface area contributed by atoms with Crippen LogP contribution in [-0.2, 0) is 14.8 Å². The first-order valence-corrected chi connectivity index (χ1v) is 10.9. The summed E-state index contributed by atoms with van der Waals surface area (Å²) < 4.78 is 26.8. The standard InChI is InChI=1S/C19H29N3O3S.ClH/c20-16-19(9-5-2-6-10-19)15-18(23)21-11-13-22(14-12-21)26(24,25)17-7-3-1-4-8-17;/h1,3-4,7-8H,2,5-6,9-16,20H2;1H. The van der Waals surface area contributed by atoms with Gasteiger partial charge in [-0.1, -0.05) is 37.5 Å². The van der Waals surface area contributed by atoms with E-state index >= 15 is 0 Å². The van der Waals surface area contributed by atoms with Crippen molar-refractivity contribution in [3.8, 4) is 0 Å². The number of carbonyl (C=O) groups excluding carboxylic acids is 1. The van der Waals surface area contributed by atoms with Crippen molar-refractivity contribution in [2.24, 2.45) is 11.1 Å². The summed E-state index contributed by atoms with van der Waals surface area (Å²) in [7, 11) is -3.48. The molecule has 1 aromatic carbocycles. The van der Waals surface area contributed by atoms with Crippen molar-refractivity contribution in [3.05, 3.63) is 30.3 Å².